The Hall–Kier alpha value is -1.95. The van der Waals surface area contributed by atoms with Crippen molar-refractivity contribution in [2.45, 2.75) is 32.1 Å². The van der Waals surface area contributed by atoms with E-state index in [1.54, 1.807) is 7.05 Å². The number of carbonyl (C=O) groups is 2. The minimum atomic E-state index is -0.267. The number of hydrogen-bond acceptors (Lipinski definition) is 4. The van der Waals surface area contributed by atoms with Crippen LogP contribution >= 0.6 is 12.2 Å². The van der Waals surface area contributed by atoms with E-state index in [-0.39, 0.29) is 29.8 Å². The van der Waals surface area contributed by atoms with Crippen molar-refractivity contribution >= 4 is 29.2 Å². The number of carbonyl (C=O) groups excluding carboxylic acids is 2. The number of esters is 1. The lowest BCUT2D eigenvalue weighted by Crippen LogP contribution is -2.37. The highest BCUT2D eigenvalue weighted by Gasteiger charge is 2.07. The highest BCUT2D eigenvalue weighted by Crippen LogP contribution is 2.03. The number of thiocarbonyl (C=S) groups is 1. The standard InChI is InChI=1S/C16H22N2O3S/c1-17-16(22)18-14(19)10-5-11-15(20)21-12-6-9-13-7-3-2-4-8-13/h2-4,7-8H,5-6,9-12H2,1H3,(H2,17,18,19,22). The van der Waals surface area contributed by atoms with Gasteiger partial charge in [-0.2, -0.15) is 0 Å². The Labute approximate surface area is 136 Å². The number of ether oxygens (including phenoxy) is 1. The van der Waals surface area contributed by atoms with Crippen molar-refractivity contribution in [2.75, 3.05) is 13.7 Å². The largest absolute Gasteiger partial charge is 0.466 e. The third-order valence-electron chi connectivity index (χ3n) is 2.98. The van der Waals surface area contributed by atoms with Crippen LogP contribution in [0.1, 0.15) is 31.2 Å². The zero-order valence-corrected chi connectivity index (χ0v) is 13.6. The molecular formula is C16H22N2O3S. The normalized spacial score (nSPS) is 9.86. The van der Waals surface area contributed by atoms with E-state index in [0.29, 0.717) is 13.0 Å². The molecule has 0 aromatic heterocycles. The minimum absolute atomic E-state index is 0.198. The van der Waals surface area contributed by atoms with Crippen molar-refractivity contribution in [1.29, 1.82) is 0 Å². The van der Waals surface area contributed by atoms with Gasteiger partial charge in [-0.15, -0.1) is 0 Å². The van der Waals surface area contributed by atoms with Gasteiger partial charge >= 0.3 is 5.97 Å². The van der Waals surface area contributed by atoms with Crippen LogP contribution in [-0.4, -0.2) is 30.6 Å². The number of benzene rings is 1. The summed E-state index contributed by atoms with van der Waals surface area (Å²) in [6.45, 7) is 0.407. The maximum Gasteiger partial charge on any atom is 0.305 e. The van der Waals surface area contributed by atoms with Crippen LogP contribution in [0.3, 0.4) is 0 Å². The van der Waals surface area contributed by atoms with Gasteiger partial charge in [0.15, 0.2) is 5.11 Å². The van der Waals surface area contributed by atoms with Gasteiger partial charge in [0.05, 0.1) is 6.61 Å². The average Bonchev–Trinajstić information content (AvgIpc) is 2.52. The fraction of sp³-hybridized carbons (Fsp3) is 0.438. The van der Waals surface area contributed by atoms with Gasteiger partial charge in [-0.05, 0) is 37.0 Å². The Kier molecular flexibility index (Phi) is 8.83. The first-order chi connectivity index (χ1) is 10.6. The highest BCUT2D eigenvalue weighted by atomic mass is 32.1. The van der Waals surface area contributed by atoms with Crippen LogP contribution in [0.15, 0.2) is 30.3 Å². The molecule has 0 bridgehead atoms. The third-order valence-corrected chi connectivity index (χ3v) is 3.29. The predicted octanol–water partition coefficient (Wildman–Crippen LogP) is 1.95. The first-order valence-corrected chi connectivity index (χ1v) is 7.73. The molecular weight excluding hydrogens is 300 g/mol. The number of hydrogen-bond donors (Lipinski definition) is 2. The molecule has 0 aliphatic carbocycles. The fourth-order valence-electron chi connectivity index (χ4n) is 1.82. The molecule has 22 heavy (non-hydrogen) atoms. The molecule has 5 nitrogen and oxygen atoms in total. The average molecular weight is 322 g/mol. The van der Waals surface area contributed by atoms with Gasteiger partial charge in [-0.1, -0.05) is 30.3 Å². The predicted molar refractivity (Wildman–Crippen MR) is 89.4 cm³/mol. The van der Waals surface area contributed by atoms with Crippen molar-refractivity contribution in [2.24, 2.45) is 0 Å². The summed E-state index contributed by atoms with van der Waals surface area (Å²) in [6, 6.07) is 10.1. The van der Waals surface area contributed by atoms with Crippen LogP contribution in [-0.2, 0) is 20.7 Å². The summed E-state index contributed by atoms with van der Waals surface area (Å²) in [7, 11) is 1.63. The topological polar surface area (TPSA) is 67.4 Å². The molecule has 0 unspecified atom stereocenters. The van der Waals surface area contributed by atoms with Gasteiger partial charge in [0.2, 0.25) is 5.91 Å². The molecule has 120 valence electrons. The summed E-state index contributed by atoms with van der Waals surface area (Å²) in [5.41, 5.74) is 1.23. The molecule has 0 radical (unpaired) electrons. The molecule has 0 aliphatic heterocycles. The van der Waals surface area contributed by atoms with Crippen LogP contribution in [0.2, 0.25) is 0 Å². The summed E-state index contributed by atoms with van der Waals surface area (Å²) in [5.74, 6) is -0.465. The third kappa shape index (κ3) is 8.36. The molecule has 1 aromatic rings. The highest BCUT2D eigenvalue weighted by molar-refractivity contribution is 7.80. The molecule has 0 fully saturated rings. The lowest BCUT2D eigenvalue weighted by atomic mass is 10.1. The Morgan fingerprint density at radius 1 is 1.14 bits per heavy atom. The smallest absolute Gasteiger partial charge is 0.305 e. The fourth-order valence-corrected chi connectivity index (χ4v) is 1.94. The maximum absolute atomic E-state index is 11.5. The summed E-state index contributed by atoms with van der Waals surface area (Å²) in [6.07, 6.45) is 2.63. The lowest BCUT2D eigenvalue weighted by molar-refractivity contribution is -0.143. The first-order valence-electron chi connectivity index (χ1n) is 7.33. The molecule has 0 heterocycles. The monoisotopic (exact) mass is 322 g/mol. The zero-order chi connectivity index (χ0) is 16.2. The quantitative estimate of drug-likeness (QED) is 0.435. The van der Waals surface area contributed by atoms with Gasteiger partial charge in [0, 0.05) is 19.9 Å². The number of amides is 1. The van der Waals surface area contributed by atoms with Crippen LogP contribution in [0.25, 0.3) is 0 Å². The number of aryl methyl sites for hydroxylation is 1. The first kappa shape index (κ1) is 18.1. The van der Waals surface area contributed by atoms with E-state index in [1.165, 1.54) is 5.56 Å². The second-order valence-corrected chi connectivity index (χ2v) is 5.20. The molecule has 0 saturated carbocycles. The SMILES string of the molecule is CNC(=S)NC(=O)CCCC(=O)OCCCc1ccccc1. The zero-order valence-electron chi connectivity index (χ0n) is 12.8. The van der Waals surface area contributed by atoms with E-state index in [4.69, 9.17) is 17.0 Å². The van der Waals surface area contributed by atoms with Crippen molar-refractivity contribution in [3.8, 4) is 0 Å². The Balaban J connectivity index is 2.04. The Morgan fingerprint density at radius 3 is 2.55 bits per heavy atom. The van der Waals surface area contributed by atoms with Gasteiger partial charge in [-0.25, -0.2) is 0 Å². The van der Waals surface area contributed by atoms with E-state index in [1.807, 2.05) is 18.2 Å². The van der Waals surface area contributed by atoms with Crippen LogP contribution < -0.4 is 10.6 Å². The van der Waals surface area contributed by atoms with E-state index in [9.17, 15) is 9.59 Å². The van der Waals surface area contributed by atoms with Crippen molar-refractivity contribution in [3.05, 3.63) is 35.9 Å². The Bertz CT molecular complexity index is 491. The van der Waals surface area contributed by atoms with Crippen molar-refractivity contribution in [1.82, 2.24) is 10.6 Å². The summed E-state index contributed by atoms with van der Waals surface area (Å²) in [5, 5.41) is 5.44. The van der Waals surface area contributed by atoms with Crippen LogP contribution in [0.4, 0.5) is 0 Å². The Morgan fingerprint density at radius 2 is 1.86 bits per heavy atom. The molecule has 0 aliphatic rings. The van der Waals surface area contributed by atoms with Gasteiger partial charge in [0.25, 0.3) is 0 Å². The second-order valence-electron chi connectivity index (χ2n) is 4.79. The summed E-state index contributed by atoms with van der Waals surface area (Å²) < 4.78 is 5.14. The van der Waals surface area contributed by atoms with E-state index in [2.05, 4.69) is 22.8 Å². The van der Waals surface area contributed by atoms with Crippen molar-refractivity contribution in [3.63, 3.8) is 0 Å². The second kappa shape index (κ2) is 10.7. The summed E-state index contributed by atoms with van der Waals surface area (Å²) >= 11 is 4.81. The number of nitrogens with one attached hydrogen (secondary N) is 2. The van der Waals surface area contributed by atoms with E-state index < -0.39 is 0 Å². The molecule has 1 rings (SSSR count). The van der Waals surface area contributed by atoms with Gasteiger partial charge in [-0.3, -0.25) is 9.59 Å². The minimum Gasteiger partial charge on any atom is -0.466 e. The summed E-state index contributed by atoms with van der Waals surface area (Å²) in [4.78, 5) is 22.9. The molecule has 2 N–H and O–H groups in total. The molecule has 1 amide bonds. The van der Waals surface area contributed by atoms with Gasteiger partial charge in [0.1, 0.15) is 0 Å². The molecule has 0 saturated heterocycles. The number of rotatable bonds is 8. The van der Waals surface area contributed by atoms with Gasteiger partial charge < -0.3 is 15.4 Å². The van der Waals surface area contributed by atoms with E-state index >= 15 is 0 Å². The molecule has 6 heteroatoms. The molecule has 1 aromatic carbocycles. The van der Waals surface area contributed by atoms with Crippen LogP contribution in [0, 0.1) is 0 Å². The van der Waals surface area contributed by atoms with Crippen LogP contribution in [0.5, 0.6) is 0 Å². The van der Waals surface area contributed by atoms with Crippen molar-refractivity contribution < 1.29 is 14.3 Å². The molecule has 0 spiro atoms. The lowest BCUT2D eigenvalue weighted by Gasteiger charge is -2.06. The molecule has 0 atom stereocenters. The maximum atomic E-state index is 11.5. The van der Waals surface area contributed by atoms with E-state index in [0.717, 1.165) is 12.8 Å².